The molecule has 1 heterocycles. The van der Waals surface area contributed by atoms with Gasteiger partial charge in [0.2, 0.25) is 0 Å². The van der Waals surface area contributed by atoms with Crippen LogP contribution in [-0.4, -0.2) is 61.9 Å². The van der Waals surface area contributed by atoms with Crippen LogP contribution in [0.5, 0.6) is 0 Å². The second-order valence-electron chi connectivity index (χ2n) is 8.88. The van der Waals surface area contributed by atoms with Crippen LogP contribution in [0.2, 0.25) is 0 Å². The maximum absolute atomic E-state index is 13.6. The first-order valence-electron chi connectivity index (χ1n) is 12.3. The highest BCUT2D eigenvalue weighted by molar-refractivity contribution is 5.98. The van der Waals surface area contributed by atoms with Gasteiger partial charge in [0.15, 0.2) is 5.78 Å². The Balaban J connectivity index is 1.50. The molecule has 3 amide bonds. The summed E-state index contributed by atoms with van der Waals surface area (Å²) in [5.74, 6) is -0.303. The summed E-state index contributed by atoms with van der Waals surface area (Å²) < 4.78 is 0. The van der Waals surface area contributed by atoms with Gasteiger partial charge in [0, 0.05) is 50.9 Å². The average Bonchev–Trinajstić information content (AvgIpc) is 2.93. The molecule has 1 fully saturated rings. The molecule has 0 bridgehead atoms. The van der Waals surface area contributed by atoms with Gasteiger partial charge in [0.1, 0.15) is 0 Å². The largest absolute Gasteiger partial charge is 0.368 e. The van der Waals surface area contributed by atoms with Crippen LogP contribution in [0.1, 0.15) is 21.5 Å². The fourth-order valence-corrected chi connectivity index (χ4v) is 4.51. The number of carbonyl (C=O) groups excluding carboxylic acids is 3. The maximum atomic E-state index is 13.6. The summed E-state index contributed by atoms with van der Waals surface area (Å²) in [5, 5.41) is 5.65. The van der Waals surface area contributed by atoms with Crippen LogP contribution < -0.4 is 15.5 Å². The molecule has 1 unspecified atom stereocenters. The summed E-state index contributed by atoms with van der Waals surface area (Å²) in [6, 6.07) is 25.9. The van der Waals surface area contributed by atoms with Crippen molar-refractivity contribution in [2.75, 3.05) is 38.1 Å². The van der Waals surface area contributed by atoms with Crippen molar-refractivity contribution in [1.82, 2.24) is 15.5 Å². The van der Waals surface area contributed by atoms with Crippen LogP contribution in [0.25, 0.3) is 0 Å². The first kappa shape index (κ1) is 25.0. The van der Waals surface area contributed by atoms with Crippen LogP contribution in [0.3, 0.4) is 0 Å². The molecule has 1 saturated heterocycles. The summed E-state index contributed by atoms with van der Waals surface area (Å²) in [6.45, 7) is 2.62. The third kappa shape index (κ3) is 6.30. The number of Topliss-reactive ketones (excluding diaryl/α,β-unsaturated/α-hetero) is 1. The van der Waals surface area contributed by atoms with Gasteiger partial charge in [-0.15, -0.1) is 0 Å². The minimum absolute atomic E-state index is 0.0421. The molecule has 0 aromatic heterocycles. The lowest BCUT2D eigenvalue weighted by atomic mass is 9.96. The van der Waals surface area contributed by atoms with Crippen molar-refractivity contribution in [2.24, 2.45) is 0 Å². The molecule has 3 aromatic carbocycles. The van der Waals surface area contributed by atoms with Gasteiger partial charge >= 0.3 is 6.03 Å². The van der Waals surface area contributed by atoms with Crippen LogP contribution in [0, 0.1) is 0 Å². The Labute approximate surface area is 212 Å². The van der Waals surface area contributed by atoms with Crippen molar-refractivity contribution < 1.29 is 14.4 Å². The summed E-state index contributed by atoms with van der Waals surface area (Å²) in [7, 11) is 1.64. The normalized spacial score (nSPS) is 14.1. The lowest BCUT2D eigenvalue weighted by molar-refractivity contribution is -0.120. The fraction of sp³-hybridized carbons (Fsp3) is 0.276. The predicted molar refractivity (Wildman–Crippen MR) is 141 cm³/mol. The van der Waals surface area contributed by atoms with E-state index >= 15 is 0 Å². The summed E-state index contributed by atoms with van der Waals surface area (Å²) in [4.78, 5) is 42.5. The van der Waals surface area contributed by atoms with E-state index in [4.69, 9.17) is 0 Å². The first-order valence-corrected chi connectivity index (χ1v) is 12.3. The molecule has 36 heavy (non-hydrogen) atoms. The molecule has 3 aromatic rings. The molecule has 0 saturated carbocycles. The summed E-state index contributed by atoms with van der Waals surface area (Å²) in [5.41, 5.74) is 3.43. The second kappa shape index (κ2) is 12.0. The van der Waals surface area contributed by atoms with Crippen molar-refractivity contribution in [1.29, 1.82) is 0 Å². The number of anilines is 1. The first-order chi connectivity index (χ1) is 17.5. The van der Waals surface area contributed by atoms with E-state index < -0.39 is 6.04 Å². The molecule has 0 aliphatic carbocycles. The number of urea groups is 1. The maximum Gasteiger partial charge on any atom is 0.317 e. The average molecular weight is 485 g/mol. The van der Waals surface area contributed by atoms with Gasteiger partial charge < -0.3 is 20.4 Å². The number of carbonyl (C=O) groups is 3. The van der Waals surface area contributed by atoms with Gasteiger partial charge in [0.25, 0.3) is 5.91 Å². The number of para-hydroxylation sites is 1. The molecule has 1 aliphatic heterocycles. The molecule has 7 heteroatoms. The van der Waals surface area contributed by atoms with Crippen LogP contribution >= 0.6 is 0 Å². The van der Waals surface area contributed by atoms with E-state index in [1.54, 1.807) is 24.1 Å². The number of ketones is 1. The summed E-state index contributed by atoms with van der Waals surface area (Å²) in [6.07, 6.45) is 0.629. The van der Waals surface area contributed by atoms with E-state index in [0.717, 1.165) is 16.8 Å². The zero-order valence-electron chi connectivity index (χ0n) is 20.5. The zero-order chi connectivity index (χ0) is 25.3. The molecule has 1 atom stereocenters. The monoisotopic (exact) mass is 484 g/mol. The molecule has 0 spiro atoms. The van der Waals surface area contributed by atoms with E-state index in [0.29, 0.717) is 38.2 Å². The number of hydrogen-bond acceptors (Lipinski definition) is 4. The highest BCUT2D eigenvalue weighted by Gasteiger charge is 2.25. The number of rotatable bonds is 8. The Bertz CT molecular complexity index is 1180. The smallest absolute Gasteiger partial charge is 0.317 e. The Kier molecular flexibility index (Phi) is 8.34. The van der Waals surface area contributed by atoms with Crippen molar-refractivity contribution >= 4 is 23.4 Å². The van der Waals surface area contributed by atoms with Gasteiger partial charge in [-0.1, -0.05) is 66.7 Å². The second-order valence-corrected chi connectivity index (χ2v) is 8.88. The number of nitrogens with one attached hydrogen (secondary N) is 2. The van der Waals surface area contributed by atoms with E-state index in [1.807, 2.05) is 72.8 Å². The summed E-state index contributed by atoms with van der Waals surface area (Å²) >= 11 is 0. The predicted octanol–water partition coefficient (Wildman–Crippen LogP) is 3.30. The Hall–Kier alpha value is -4.13. The fourth-order valence-electron chi connectivity index (χ4n) is 4.51. The minimum atomic E-state index is -0.654. The number of piperazine rings is 1. The van der Waals surface area contributed by atoms with Crippen molar-refractivity contribution in [3.63, 3.8) is 0 Å². The van der Waals surface area contributed by atoms with Crippen molar-refractivity contribution in [3.8, 4) is 0 Å². The molecule has 1 aliphatic rings. The highest BCUT2D eigenvalue weighted by atomic mass is 16.2. The lowest BCUT2D eigenvalue weighted by Gasteiger charge is -2.36. The minimum Gasteiger partial charge on any atom is -0.368 e. The molecular weight excluding hydrogens is 452 g/mol. The van der Waals surface area contributed by atoms with E-state index in [1.165, 1.54) is 0 Å². The number of nitrogens with zero attached hydrogens (tertiary/aromatic N) is 2. The third-order valence-electron chi connectivity index (χ3n) is 6.49. The highest BCUT2D eigenvalue weighted by Crippen LogP contribution is 2.23. The van der Waals surface area contributed by atoms with Crippen LogP contribution in [-0.2, 0) is 17.6 Å². The standard InChI is InChI=1S/C29H32N4O3/c1-30-29(36)33-18-16-32(17-19-33)26-15-9-8-14-24(26)21-27(34)25(20-22-10-4-2-5-11-22)31-28(35)23-12-6-3-7-13-23/h2-15,25H,16-21H2,1H3,(H,30,36)(H,31,35). The van der Waals surface area contributed by atoms with E-state index in [9.17, 15) is 14.4 Å². The molecule has 186 valence electrons. The SMILES string of the molecule is CNC(=O)N1CCN(c2ccccc2CC(=O)C(Cc2ccccc2)NC(=O)c2ccccc2)CC1. The van der Waals surface area contributed by atoms with Gasteiger partial charge in [-0.25, -0.2) is 4.79 Å². The number of hydrogen-bond donors (Lipinski definition) is 2. The van der Waals surface area contributed by atoms with Crippen molar-refractivity contribution in [3.05, 3.63) is 102 Å². The van der Waals surface area contributed by atoms with Gasteiger partial charge in [-0.2, -0.15) is 0 Å². The molecule has 7 nitrogen and oxygen atoms in total. The van der Waals surface area contributed by atoms with E-state index in [-0.39, 0.29) is 24.1 Å². The van der Waals surface area contributed by atoms with E-state index in [2.05, 4.69) is 15.5 Å². The zero-order valence-corrected chi connectivity index (χ0v) is 20.5. The van der Waals surface area contributed by atoms with Gasteiger partial charge in [-0.3, -0.25) is 9.59 Å². The lowest BCUT2D eigenvalue weighted by Crippen LogP contribution is -2.51. The molecule has 4 rings (SSSR count). The third-order valence-corrected chi connectivity index (χ3v) is 6.49. The quantitative estimate of drug-likeness (QED) is 0.514. The van der Waals surface area contributed by atoms with Crippen molar-refractivity contribution in [2.45, 2.75) is 18.9 Å². The van der Waals surface area contributed by atoms with Gasteiger partial charge in [-0.05, 0) is 35.7 Å². The Morgan fingerprint density at radius 1 is 0.806 bits per heavy atom. The number of amides is 3. The Morgan fingerprint density at radius 3 is 2.08 bits per heavy atom. The molecular formula is C29H32N4O3. The number of benzene rings is 3. The Morgan fingerprint density at radius 2 is 1.42 bits per heavy atom. The topological polar surface area (TPSA) is 81.8 Å². The molecule has 2 N–H and O–H groups in total. The van der Waals surface area contributed by atoms with Crippen LogP contribution in [0.15, 0.2) is 84.9 Å². The molecule has 0 radical (unpaired) electrons. The van der Waals surface area contributed by atoms with Crippen LogP contribution in [0.4, 0.5) is 10.5 Å². The van der Waals surface area contributed by atoms with Gasteiger partial charge in [0.05, 0.1) is 6.04 Å².